The van der Waals surface area contributed by atoms with Crippen LogP contribution in [-0.2, 0) is 4.74 Å². The van der Waals surface area contributed by atoms with Crippen molar-refractivity contribution in [2.75, 3.05) is 32.9 Å². The molecule has 112 valence electrons. The smallest absolute Gasteiger partial charge is 0.119 e. The lowest BCUT2D eigenvalue weighted by Crippen LogP contribution is -2.56. The fourth-order valence-electron chi connectivity index (χ4n) is 2.54. The summed E-state index contributed by atoms with van der Waals surface area (Å²) in [4.78, 5) is 2.25. The van der Waals surface area contributed by atoms with Crippen LogP contribution in [0, 0.1) is 6.92 Å². The lowest BCUT2D eigenvalue weighted by atomic mass is 9.97. The van der Waals surface area contributed by atoms with E-state index in [4.69, 9.17) is 9.47 Å². The predicted octanol–water partition coefficient (Wildman–Crippen LogP) is 1.85. The maximum atomic E-state index is 10.2. The van der Waals surface area contributed by atoms with Crippen LogP contribution in [0.4, 0.5) is 0 Å². The molecule has 1 saturated heterocycles. The monoisotopic (exact) mass is 279 g/mol. The number of rotatable bonds is 5. The molecule has 2 rings (SSSR count). The summed E-state index contributed by atoms with van der Waals surface area (Å²) in [6.07, 6.45) is 0. The number of nitrogens with zero attached hydrogens (tertiary/aromatic N) is 1. The standard InChI is InChI=1S/C16H25NO3/c1-13-5-4-6-14(11-13)20-10-8-17-7-9-19-12-15(17)16(2,3)18/h4-6,11,15,18H,7-10,12H2,1-3H3. The SMILES string of the molecule is Cc1cccc(OCCN2CCOCC2C(C)(C)O)c1. The zero-order valence-electron chi connectivity index (χ0n) is 12.6. The molecule has 0 saturated carbocycles. The van der Waals surface area contributed by atoms with Gasteiger partial charge in [-0.25, -0.2) is 0 Å². The first kappa shape index (κ1) is 15.3. The van der Waals surface area contributed by atoms with Crippen LogP contribution in [0.2, 0.25) is 0 Å². The minimum absolute atomic E-state index is 0.0253. The lowest BCUT2D eigenvalue weighted by molar-refractivity contribution is -0.0971. The van der Waals surface area contributed by atoms with Gasteiger partial charge in [-0.1, -0.05) is 12.1 Å². The molecule has 1 aliphatic rings. The van der Waals surface area contributed by atoms with Gasteiger partial charge < -0.3 is 14.6 Å². The Morgan fingerprint density at radius 1 is 1.45 bits per heavy atom. The van der Waals surface area contributed by atoms with Crippen LogP contribution in [0.3, 0.4) is 0 Å². The van der Waals surface area contributed by atoms with Crippen LogP contribution in [0.15, 0.2) is 24.3 Å². The summed E-state index contributed by atoms with van der Waals surface area (Å²) in [6, 6.07) is 8.09. The molecule has 4 nitrogen and oxygen atoms in total. The average molecular weight is 279 g/mol. The van der Waals surface area contributed by atoms with Crippen molar-refractivity contribution in [3.63, 3.8) is 0 Å². The van der Waals surface area contributed by atoms with E-state index in [-0.39, 0.29) is 6.04 Å². The molecular formula is C16H25NO3. The topological polar surface area (TPSA) is 41.9 Å². The molecule has 1 N–H and O–H groups in total. The molecule has 1 aromatic rings. The molecule has 1 unspecified atom stereocenters. The van der Waals surface area contributed by atoms with E-state index in [9.17, 15) is 5.11 Å². The second kappa shape index (κ2) is 6.57. The van der Waals surface area contributed by atoms with E-state index in [2.05, 4.69) is 17.9 Å². The minimum Gasteiger partial charge on any atom is -0.492 e. The van der Waals surface area contributed by atoms with Gasteiger partial charge in [0.1, 0.15) is 12.4 Å². The average Bonchev–Trinajstić information content (AvgIpc) is 2.38. The summed E-state index contributed by atoms with van der Waals surface area (Å²) in [5.74, 6) is 0.901. The summed E-state index contributed by atoms with van der Waals surface area (Å²) < 4.78 is 11.3. The van der Waals surface area contributed by atoms with Crippen molar-refractivity contribution >= 4 is 0 Å². The predicted molar refractivity (Wildman–Crippen MR) is 79.2 cm³/mol. The molecule has 0 spiro atoms. The molecule has 0 aromatic heterocycles. The van der Waals surface area contributed by atoms with Crippen molar-refractivity contribution in [1.29, 1.82) is 0 Å². The molecule has 1 fully saturated rings. The first-order valence-corrected chi connectivity index (χ1v) is 7.20. The quantitative estimate of drug-likeness (QED) is 0.893. The van der Waals surface area contributed by atoms with E-state index in [0.717, 1.165) is 25.4 Å². The molecule has 1 atom stereocenters. The number of hydrogen-bond acceptors (Lipinski definition) is 4. The Labute approximate surface area is 121 Å². The molecule has 0 amide bonds. The minimum atomic E-state index is -0.760. The number of morpholine rings is 1. The third kappa shape index (κ3) is 4.20. The third-order valence-electron chi connectivity index (χ3n) is 3.69. The van der Waals surface area contributed by atoms with E-state index in [0.29, 0.717) is 13.2 Å². The largest absolute Gasteiger partial charge is 0.492 e. The first-order valence-electron chi connectivity index (χ1n) is 7.20. The van der Waals surface area contributed by atoms with E-state index in [1.54, 1.807) is 0 Å². The van der Waals surface area contributed by atoms with Crippen molar-refractivity contribution < 1.29 is 14.6 Å². The zero-order valence-corrected chi connectivity index (χ0v) is 12.6. The van der Waals surface area contributed by atoms with Crippen molar-refractivity contribution in [3.8, 4) is 5.75 Å². The highest BCUT2D eigenvalue weighted by molar-refractivity contribution is 5.27. The Balaban J connectivity index is 1.85. The van der Waals surface area contributed by atoms with Gasteiger partial charge in [0.05, 0.1) is 24.9 Å². The maximum Gasteiger partial charge on any atom is 0.119 e. The van der Waals surface area contributed by atoms with Gasteiger partial charge in [0, 0.05) is 13.1 Å². The third-order valence-corrected chi connectivity index (χ3v) is 3.69. The summed E-state index contributed by atoms with van der Waals surface area (Å²) in [6.45, 7) is 9.28. The van der Waals surface area contributed by atoms with E-state index >= 15 is 0 Å². The van der Waals surface area contributed by atoms with Crippen LogP contribution >= 0.6 is 0 Å². The van der Waals surface area contributed by atoms with Gasteiger partial charge in [0.15, 0.2) is 0 Å². The highest BCUT2D eigenvalue weighted by atomic mass is 16.5. The molecule has 0 bridgehead atoms. The van der Waals surface area contributed by atoms with Gasteiger partial charge in [-0.3, -0.25) is 4.90 Å². The molecular weight excluding hydrogens is 254 g/mol. The Hall–Kier alpha value is -1.10. The van der Waals surface area contributed by atoms with E-state index < -0.39 is 5.60 Å². The van der Waals surface area contributed by atoms with Gasteiger partial charge in [-0.05, 0) is 38.5 Å². The van der Waals surface area contributed by atoms with Crippen LogP contribution < -0.4 is 4.74 Å². The summed E-state index contributed by atoms with van der Waals surface area (Å²) in [7, 11) is 0. The lowest BCUT2D eigenvalue weighted by Gasteiger charge is -2.41. The fourth-order valence-corrected chi connectivity index (χ4v) is 2.54. The number of aryl methyl sites for hydroxylation is 1. The van der Waals surface area contributed by atoms with E-state index in [1.807, 2.05) is 32.0 Å². The summed E-state index contributed by atoms with van der Waals surface area (Å²) >= 11 is 0. The van der Waals surface area contributed by atoms with Crippen molar-refractivity contribution in [3.05, 3.63) is 29.8 Å². The number of benzene rings is 1. The highest BCUT2D eigenvalue weighted by Gasteiger charge is 2.34. The highest BCUT2D eigenvalue weighted by Crippen LogP contribution is 2.19. The van der Waals surface area contributed by atoms with Gasteiger partial charge in [-0.15, -0.1) is 0 Å². The van der Waals surface area contributed by atoms with Crippen LogP contribution in [-0.4, -0.2) is 54.6 Å². The molecule has 20 heavy (non-hydrogen) atoms. The van der Waals surface area contributed by atoms with Crippen molar-refractivity contribution in [1.82, 2.24) is 4.90 Å². The van der Waals surface area contributed by atoms with Gasteiger partial charge in [0.2, 0.25) is 0 Å². The molecule has 0 radical (unpaired) electrons. The number of hydrogen-bond donors (Lipinski definition) is 1. The van der Waals surface area contributed by atoms with Crippen molar-refractivity contribution in [2.45, 2.75) is 32.4 Å². The fraction of sp³-hybridized carbons (Fsp3) is 0.625. The molecule has 1 heterocycles. The van der Waals surface area contributed by atoms with Crippen LogP contribution in [0.25, 0.3) is 0 Å². The number of ether oxygens (including phenoxy) is 2. The second-order valence-corrected chi connectivity index (χ2v) is 5.95. The van der Waals surface area contributed by atoms with Gasteiger partial charge >= 0.3 is 0 Å². The summed E-state index contributed by atoms with van der Waals surface area (Å²) in [5.41, 5.74) is 0.437. The van der Waals surface area contributed by atoms with Crippen LogP contribution in [0.5, 0.6) is 5.75 Å². The Bertz CT molecular complexity index is 428. The Kier molecular flexibility index (Phi) is 5.02. The van der Waals surface area contributed by atoms with Crippen molar-refractivity contribution in [2.24, 2.45) is 0 Å². The van der Waals surface area contributed by atoms with Gasteiger partial charge in [0.25, 0.3) is 0 Å². The maximum absolute atomic E-state index is 10.2. The van der Waals surface area contributed by atoms with E-state index in [1.165, 1.54) is 5.56 Å². The molecule has 1 aliphatic heterocycles. The molecule has 0 aliphatic carbocycles. The normalized spacial score (nSPS) is 20.9. The first-order chi connectivity index (χ1) is 9.47. The summed E-state index contributed by atoms with van der Waals surface area (Å²) in [5, 5.41) is 10.2. The molecule has 4 heteroatoms. The Morgan fingerprint density at radius 3 is 2.95 bits per heavy atom. The second-order valence-electron chi connectivity index (χ2n) is 5.95. The van der Waals surface area contributed by atoms with Gasteiger partial charge in [-0.2, -0.15) is 0 Å². The Morgan fingerprint density at radius 2 is 2.25 bits per heavy atom. The van der Waals surface area contributed by atoms with Crippen LogP contribution in [0.1, 0.15) is 19.4 Å². The molecule has 1 aromatic carbocycles. The number of aliphatic hydroxyl groups is 1. The zero-order chi connectivity index (χ0) is 14.6.